The van der Waals surface area contributed by atoms with Gasteiger partial charge in [0.2, 0.25) is 5.91 Å². The summed E-state index contributed by atoms with van der Waals surface area (Å²) in [6, 6.07) is 1.74. The maximum absolute atomic E-state index is 11.5. The summed E-state index contributed by atoms with van der Waals surface area (Å²) in [4.78, 5) is 21.8. The van der Waals surface area contributed by atoms with E-state index in [2.05, 4.69) is 21.2 Å². The lowest BCUT2D eigenvalue weighted by molar-refractivity contribution is -0.122. The third kappa shape index (κ3) is 4.73. The second kappa shape index (κ2) is 6.62. The SMILES string of the molecule is NC(=O)COCCNC(=O)c1csc(Br)c1. The Morgan fingerprint density at radius 2 is 2.31 bits per heavy atom. The average Bonchev–Trinajstić information content (AvgIpc) is 2.63. The van der Waals surface area contributed by atoms with Crippen molar-refractivity contribution in [1.82, 2.24) is 5.32 Å². The zero-order chi connectivity index (χ0) is 12.0. The third-order valence-corrected chi connectivity index (χ3v) is 3.11. The van der Waals surface area contributed by atoms with Crippen molar-refractivity contribution in [2.75, 3.05) is 19.8 Å². The van der Waals surface area contributed by atoms with E-state index in [1.54, 1.807) is 11.4 Å². The number of ether oxygens (including phenoxy) is 1. The first-order valence-corrected chi connectivity index (χ1v) is 6.15. The Morgan fingerprint density at radius 3 is 2.88 bits per heavy atom. The number of rotatable bonds is 6. The number of amides is 2. The van der Waals surface area contributed by atoms with Gasteiger partial charge in [0.15, 0.2) is 0 Å². The Hall–Kier alpha value is -0.920. The zero-order valence-corrected chi connectivity index (χ0v) is 10.8. The Morgan fingerprint density at radius 1 is 1.56 bits per heavy atom. The fourth-order valence-electron chi connectivity index (χ4n) is 0.941. The van der Waals surface area contributed by atoms with Crippen molar-refractivity contribution in [2.45, 2.75) is 0 Å². The van der Waals surface area contributed by atoms with Gasteiger partial charge in [0.1, 0.15) is 6.61 Å². The molecule has 88 valence electrons. The van der Waals surface area contributed by atoms with E-state index in [1.807, 2.05) is 0 Å². The highest BCUT2D eigenvalue weighted by atomic mass is 79.9. The smallest absolute Gasteiger partial charge is 0.252 e. The minimum Gasteiger partial charge on any atom is -0.370 e. The maximum atomic E-state index is 11.5. The molecule has 1 rings (SSSR count). The summed E-state index contributed by atoms with van der Waals surface area (Å²) in [5, 5.41) is 4.41. The highest BCUT2D eigenvalue weighted by Crippen LogP contribution is 2.20. The van der Waals surface area contributed by atoms with Gasteiger partial charge in [-0.05, 0) is 22.0 Å². The first-order valence-electron chi connectivity index (χ1n) is 4.48. The Kier molecular flexibility index (Phi) is 5.44. The number of thiophene rings is 1. The van der Waals surface area contributed by atoms with Crippen molar-refractivity contribution in [1.29, 1.82) is 0 Å². The van der Waals surface area contributed by atoms with Crippen LogP contribution in [-0.4, -0.2) is 31.6 Å². The molecule has 0 aliphatic carbocycles. The zero-order valence-electron chi connectivity index (χ0n) is 8.36. The van der Waals surface area contributed by atoms with Crippen LogP contribution in [0.4, 0.5) is 0 Å². The number of primary amides is 1. The van der Waals surface area contributed by atoms with Gasteiger partial charge >= 0.3 is 0 Å². The molecule has 0 unspecified atom stereocenters. The average molecular weight is 307 g/mol. The number of halogens is 1. The van der Waals surface area contributed by atoms with Crippen LogP contribution in [0.1, 0.15) is 10.4 Å². The molecule has 3 N–H and O–H groups in total. The molecule has 0 aliphatic rings. The molecule has 0 saturated heterocycles. The van der Waals surface area contributed by atoms with Crippen molar-refractivity contribution >= 4 is 39.1 Å². The van der Waals surface area contributed by atoms with Gasteiger partial charge in [0.05, 0.1) is 16.0 Å². The molecule has 0 saturated carbocycles. The first kappa shape index (κ1) is 13.1. The van der Waals surface area contributed by atoms with E-state index in [-0.39, 0.29) is 19.1 Å². The summed E-state index contributed by atoms with van der Waals surface area (Å²) in [5.41, 5.74) is 5.48. The molecule has 7 heteroatoms. The minimum atomic E-state index is -0.520. The number of nitrogens with two attached hydrogens (primary N) is 1. The summed E-state index contributed by atoms with van der Waals surface area (Å²) in [7, 11) is 0. The van der Waals surface area contributed by atoms with Crippen molar-refractivity contribution in [3.63, 3.8) is 0 Å². The standard InChI is InChI=1S/C9H11BrN2O3S/c10-7-3-6(5-16-7)9(14)12-1-2-15-4-8(11)13/h3,5H,1-2,4H2,(H2,11,13)(H,12,14). The molecule has 0 fully saturated rings. The van der Waals surface area contributed by atoms with E-state index in [9.17, 15) is 9.59 Å². The van der Waals surface area contributed by atoms with Crippen LogP contribution in [0.15, 0.2) is 15.2 Å². The van der Waals surface area contributed by atoms with Crippen LogP contribution in [0.2, 0.25) is 0 Å². The third-order valence-electron chi connectivity index (χ3n) is 1.61. The molecule has 16 heavy (non-hydrogen) atoms. The van der Waals surface area contributed by atoms with Crippen LogP contribution in [0, 0.1) is 0 Å². The molecule has 1 heterocycles. The van der Waals surface area contributed by atoms with Crippen LogP contribution >= 0.6 is 27.3 Å². The fraction of sp³-hybridized carbons (Fsp3) is 0.333. The monoisotopic (exact) mass is 306 g/mol. The molecule has 5 nitrogen and oxygen atoms in total. The number of nitrogens with one attached hydrogen (secondary N) is 1. The van der Waals surface area contributed by atoms with Gasteiger partial charge in [-0.25, -0.2) is 0 Å². The molecular weight excluding hydrogens is 296 g/mol. The second-order valence-corrected chi connectivity index (χ2v) is 5.20. The van der Waals surface area contributed by atoms with Crippen LogP contribution in [0.3, 0.4) is 0 Å². The Bertz CT molecular complexity index is 381. The van der Waals surface area contributed by atoms with Crippen LogP contribution in [-0.2, 0) is 9.53 Å². The summed E-state index contributed by atoms with van der Waals surface area (Å²) in [6.45, 7) is 0.486. The minimum absolute atomic E-state index is 0.125. The lowest BCUT2D eigenvalue weighted by Gasteiger charge is -2.03. The summed E-state index contributed by atoms with van der Waals surface area (Å²) in [5.74, 6) is -0.683. The molecule has 0 aliphatic heterocycles. The van der Waals surface area contributed by atoms with Crippen LogP contribution < -0.4 is 11.1 Å². The first-order chi connectivity index (χ1) is 7.59. The number of hydrogen-bond acceptors (Lipinski definition) is 4. The summed E-state index contributed by atoms with van der Waals surface area (Å²) in [6.07, 6.45) is 0. The van der Waals surface area contributed by atoms with Gasteiger partial charge in [-0.3, -0.25) is 9.59 Å². The predicted octanol–water partition coefficient (Wildman–Crippen LogP) is 0.742. The molecular formula is C9H11BrN2O3S. The van der Waals surface area contributed by atoms with Crippen molar-refractivity contribution in [2.24, 2.45) is 5.73 Å². The quantitative estimate of drug-likeness (QED) is 0.761. The molecule has 0 atom stereocenters. The number of carbonyl (C=O) groups is 2. The van der Waals surface area contributed by atoms with E-state index in [4.69, 9.17) is 10.5 Å². The molecule has 0 spiro atoms. The van der Waals surface area contributed by atoms with Gasteiger partial charge in [-0.15, -0.1) is 11.3 Å². The number of carbonyl (C=O) groups excluding carboxylic acids is 2. The fourth-order valence-corrected chi connectivity index (χ4v) is 2.08. The van der Waals surface area contributed by atoms with Crippen molar-refractivity contribution < 1.29 is 14.3 Å². The van der Waals surface area contributed by atoms with Crippen molar-refractivity contribution in [3.05, 3.63) is 20.8 Å². The molecule has 0 radical (unpaired) electrons. The Balaban J connectivity index is 2.18. The topological polar surface area (TPSA) is 81.4 Å². The predicted molar refractivity (Wildman–Crippen MR) is 64.4 cm³/mol. The van der Waals surface area contributed by atoms with Gasteiger partial charge in [0.25, 0.3) is 5.91 Å². The van der Waals surface area contributed by atoms with Crippen LogP contribution in [0.25, 0.3) is 0 Å². The number of hydrogen-bond donors (Lipinski definition) is 2. The lowest BCUT2D eigenvalue weighted by atomic mass is 10.3. The molecule has 2 amide bonds. The maximum Gasteiger partial charge on any atom is 0.252 e. The largest absolute Gasteiger partial charge is 0.370 e. The summed E-state index contributed by atoms with van der Waals surface area (Å²) < 4.78 is 5.80. The lowest BCUT2D eigenvalue weighted by Crippen LogP contribution is -2.28. The van der Waals surface area contributed by atoms with E-state index >= 15 is 0 Å². The second-order valence-electron chi connectivity index (χ2n) is 2.91. The van der Waals surface area contributed by atoms with E-state index in [0.29, 0.717) is 12.1 Å². The highest BCUT2D eigenvalue weighted by Gasteiger charge is 2.06. The molecule has 0 aromatic carbocycles. The Labute approximate surface area is 105 Å². The van der Waals surface area contributed by atoms with Crippen molar-refractivity contribution in [3.8, 4) is 0 Å². The van der Waals surface area contributed by atoms with E-state index in [0.717, 1.165) is 3.79 Å². The summed E-state index contributed by atoms with van der Waals surface area (Å²) >= 11 is 4.72. The van der Waals surface area contributed by atoms with Crippen LogP contribution in [0.5, 0.6) is 0 Å². The van der Waals surface area contributed by atoms with Gasteiger partial charge in [0, 0.05) is 11.9 Å². The van der Waals surface area contributed by atoms with E-state index < -0.39 is 5.91 Å². The highest BCUT2D eigenvalue weighted by molar-refractivity contribution is 9.11. The van der Waals surface area contributed by atoms with Gasteiger partial charge in [-0.1, -0.05) is 0 Å². The molecule has 0 bridgehead atoms. The van der Waals surface area contributed by atoms with E-state index in [1.165, 1.54) is 11.3 Å². The molecule has 1 aromatic rings. The van der Waals surface area contributed by atoms with Gasteiger partial charge < -0.3 is 15.8 Å². The van der Waals surface area contributed by atoms with Gasteiger partial charge in [-0.2, -0.15) is 0 Å². The molecule has 1 aromatic heterocycles. The normalized spacial score (nSPS) is 10.1.